The highest BCUT2D eigenvalue weighted by atomic mass is 35.5. The van der Waals surface area contributed by atoms with Gasteiger partial charge in [-0.3, -0.25) is 24.8 Å². The number of nitrogens with two attached hydrogens (primary N) is 1. The molecule has 55 heavy (non-hydrogen) atoms. The highest BCUT2D eigenvalue weighted by molar-refractivity contribution is 7.51. The van der Waals surface area contributed by atoms with Crippen molar-refractivity contribution in [3.05, 3.63) is 115 Å². The lowest BCUT2D eigenvalue weighted by Gasteiger charge is -2.13. The smallest absolute Gasteiger partial charge is 0.416 e. The molecule has 0 aromatic heterocycles. The van der Waals surface area contributed by atoms with Gasteiger partial charge in [0.1, 0.15) is 33.7 Å². The zero-order valence-electron chi connectivity index (χ0n) is 27.7. The van der Waals surface area contributed by atoms with Crippen LogP contribution in [0.4, 0.5) is 24.5 Å². The van der Waals surface area contributed by atoms with Gasteiger partial charge in [-0.15, -0.1) is 0 Å². The Kier molecular flexibility index (Phi) is 17.2. The van der Waals surface area contributed by atoms with Gasteiger partial charge in [-0.25, -0.2) is 9.59 Å². The van der Waals surface area contributed by atoms with Crippen molar-refractivity contribution in [3.8, 4) is 23.0 Å². The van der Waals surface area contributed by atoms with Crippen LogP contribution in [0, 0.1) is 10.1 Å². The second-order valence-corrected chi connectivity index (χ2v) is 13.2. The fourth-order valence-corrected chi connectivity index (χ4v) is 4.63. The van der Waals surface area contributed by atoms with Crippen molar-refractivity contribution in [1.82, 2.24) is 5.32 Å². The third kappa shape index (κ3) is 15.6. The standard InChI is InChI=1S/C17H11Cl2F3O5.C12H9ClN2O3.C3H8NO5P/c1-8(15(23)24)26-16(25)11-7-10(3-4-12(11)18)27-14-5-2-9(6-13(14)19)17(20,21)22;13-11-10(18-8-4-2-1-3-5-8)7-6-9(12(11)14)15(16)17;5-3(6)1-4-2-10(7,8)9/h2-8H,1H3,(H,23,24);1-7H,14H2;4H,1-2H2,(H,5,6)(H2,7,8,9)/t8-;;/m0../s1. The summed E-state index contributed by atoms with van der Waals surface area (Å²) in [6.45, 7) is 0.724. The van der Waals surface area contributed by atoms with Crippen LogP contribution in [-0.2, 0) is 25.1 Å². The number of nitrogen functional groups attached to an aromatic ring is 1. The predicted octanol–water partition coefficient (Wildman–Crippen LogP) is 7.85. The Morgan fingerprint density at radius 2 is 1.51 bits per heavy atom. The average molecular weight is 857 g/mol. The van der Waals surface area contributed by atoms with E-state index in [-0.39, 0.29) is 49.3 Å². The zero-order chi connectivity index (χ0) is 41.7. The molecule has 16 nitrogen and oxygen atoms in total. The van der Waals surface area contributed by atoms with Crippen molar-refractivity contribution >= 4 is 71.7 Å². The molecular weight excluding hydrogens is 829 g/mol. The van der Waals surface area contributed by atoms with E-state index < -0.39 is 61.1 Å². The molecule has 0 saturated heterocycles. The second-order valence-electron chi connectivity index (χ2n) is 10.4. The molecule has 0 unspecified atom stereocenters. The molecule has 0 aliphatic carbocycles. The van der Waals surface area contributed by atoms with Gasteiger partial charge in [-0.1, -0.05) is 53.0 Å². The van der Waals surface area contributed by atoms with Crippen molar-refractivity contribution in [2.45, 2.75) is 19.2 Å². The number of rotatable bonds is 12. The Hall–Kier alpha value is -5.14. The molecule has 0 amide bonds. The lowest BCUT2D eigenvalue weighted by molar-refractivity contribution is -0.383. The van der Waals surface area contributed by atoms with Crippen molar-refractivity contribution in [3.63, 3.8) is 0 Å². The fraction of sp³-hybridized carbons (Fsp3) is 0.156. The number of carboxylic acids is 2. The molecule has 0 saturated carbocycles. The number of alkyl halides is 3. The first kappa shape index (κ1) is 46.0. The summed E-state index contributed by atoms with van der Waals surface area (Å²) in [5, 5.41) is 29.2. The minimum absolute atomic E-state index is 0.0246. The Labute approximate surface area is 323 Å². The minimum Gasteiger partial charge on any atom is -0.480 e. The number of nitrogens with zero attached hydrogens (tertiary/aromatic N) is 1. The first-order valence-corrected chi connectivity index (χ1v) is 17.6. The summed E-state index contributed by atoms with van der Waals surface area (Å²) in [6, 6.07) is 18.0. The molecular formula is C32H28Cl3F3N3O13P. The molecule has 0 heterocycles. The molecule has 4 rings (SSSR count). The van der Waals surface area contributed by atoms with E-state index >= 15 is 0 Å². The molecule has 7 N–H and O–H groups in total. The molecule has 0 radical (unpaired) electrons. The van der Waals surface area contributed by atoms with Crippen LogP contribution in [0.3, 0.4) is 0 Å². The van der Waals surface area contributed by atoms with Crippen LogP contribution >= 0.6 is 42.4 Å². The van der Waals surface area contributed by atoms with Gasteiger partial charge in [0.25, 0.3) is 5.69 Å². The van der Waals surface area contributed by atoms with E-state index in [1.165, 1.54) is 24.3 Å². The van der Waals surface area contributed by atoms with E-state index in [9.17, 15) is 42.2 Å². The first-order chi connectivity index (χ1) is 25.5. The minimum atomic E-state index is -4.56. The first-order valence-electron chi connectivity index (χ1n) is 14.7. The third-order valence-electron chi connectivity index (χ3n) is 6.16. The van der Waals surface area contributed by atoms with Crippen molar-refractivity contribution < 1.29 is 71.3 Å². The number of hydrogen-bond acceptors (Lipinski definition) is 11. The van der Waals surface area contributed by atoms with E-state index in [2.05, 4.69) is 5.32 Å². The fourth-order valence-electron chi connectivity index (χ4n) is 3.61. The Balaban J connectivity index is 0.000000320. The highest BCUT2D eigenvalue weighted by Gasteiger charge is 2.31. The summed E-state index contributed by atoms with van der Waals surface area (Å²) in [6.07, 6.45) is -6.55. The quantitative estimate of drug-likeness (QED) is 0.0261. The van der Waals surface area contributed by atoms with Gasteiger partial charge in [-0.2, -0.15) is 13.2 Å². The van der Waals surface area contributed by atoms with Crippen molar-refractivity contribution in [2.75, 3.05) is 18.6 Å². The number of carboxylic acid groups (broad SMARTS) is 2. The maximum atomic E-state index is 12.7. The topological polar surface area (TPSA) is 258 Å². The Bertz CT molecular complexity index is 2060. The summed E-state index contributed by atoms with van der Waals surface area (Å²) in [7, 11) is -4.10. The number of hydrogen-bond donors (Lipinski definition) is 6. The number of ether oxygens (including phenoxy) is 3. The van der Waals surface area contributed by atoms with E-state index in [0.717, 1.165) is 25.1 Å². The van der Waals surface area contributed by atoms with Crippen LogP contribution in [0.15, 0.2) is 78.9 Å². The van der Waals surface area contributed by atoms with Crippen LogP contribution < -0.4 is 20.5 Å². The number of para-hydroxylation sites is 1. The number of carbonyl (C=O) groups is 3. The predicted molar refractivity (Wildman–Crippen MR) is 192 cm³/mol. The van der Waals surface area contributed by atoms with Crippen molar-refractivity contribution in [2.24, 2.45) is 0 Å². The number of nitrogens with one attached hydrogen (secondary N) is 1. The average Bonchev–Trinajstić information content (AvgIpc) is 3.08. The van der Waals surface area contributed by atoms with E-state index in [4.69, 9.17) is 74.7 Å². The maximum absolute atomic E-state index is 12.7. The van der Waals surface area contributed by atoms with Gasteiger partial charge in [0.2, 0.25) is 0 Å². The van der Waals surface area contributed by atoms with Crippen LogP contribution in [0.25, 0.3) is 0 Å². The number of nitro benzene ring substituents is 1. The highest BCUT2D eigenvalue weighted by Crippen LogP contribution is 2.39. The molecule has 23 heteroatoms. The van der Waals surface area contributed by atoms with Crippen LogP contribution in [-0.4, -0.2) is 61.8 Å². The van der Waals surface area contributed by atoms with Gasteiger partial charge < -0.3 is 39.9 Å². The second kappa shape index (κ2) is 20.5. The third-order valence-corrected chi connectivity index (χ3v) is 7.81. The Morgan fingerprint density at radius 1 is 0.909 bits per heavy atom. The number of nitro groups is 1. The van der Waals surface area contributed by atoms with Crippen LogP contribution in [0.2, 0.25) is 15.1 Å². The molecule has 0 spiro atoms. The van der Waals surface area contributed by atoms with Crippen LogP contribution in [0.1, 0.15) is 22.8 Å². The van der Waals surface area contributed by atoms with Gasteiger partial charge in [0.05, 0.1) is 38.9 Å². The van der Waals surface area contributed by atoms with Crippen LogP contribution in [0.5, 0.6) is 23.0 Å². The van der Waals surface area contributed by atoms with E-state index in [0.29, 0.717) is 11.8 Å². The number of aliphatic carboxylic acids is 2. The number of benzene rings is 4. The number of carbonyl (C=O) groups excluding carboxylic acids is 1. The molecule has 296 valence electrons. The van der Waals surface area contributed by atoms with E-state index in [1.54, 1.807) is 24.3 Å². The zero-order valence-corrected chi connectivity index (χ0v) is 30.9. The van der Waals surface area contributed by atoms with Gasteiger partial charge >= 0.3 is 31.7 Å². The molecule has 0 aliphatic heterocycles. The Morgan fingerprint density at radius 3 is 2.04 bits per heavy atom. The largest absolute Gasteiger partial charge is 0.480 e. The lowest BCUT2D eigenvalue weighted by atomic mass is 10.2. The van der Waals surface area contributed by atoms with Gasteiger partial charge in [-0.05, 0) is 61.5 Å². The summed E-state index contributed by atoms with van der Waals surface area (Å²) in [5.74, 6) is -2.67. The molecule has 4 aromatic carbocycles. The van der Waals surface area contributed by atoms with Gasteiger partial charge in [0.15, 0.2) is 6.10 Å². The molecule has 0 fully saturated rings. The van der Waals surface area contributed by atoms with E-state index in [1.807, 2.05) is 6.07 Å². The molecule has 1 atom stereocenters. The molecule has 4 aromatic rings. The maximum Gasteiger partial charge on any atom is 0.416 e. The number of anilines is 1. The monoisotopic (exact) mass is 855 g/mol. The van der Waals surface area contributed by atoms with Gasteiger partial charge in [0, 0.05) is 6.07 Å². The number of esters is 1. The SMILES string of the molecule is C[C@H](OC(=O)c1cc(Oc2ccc(C(F)(F)F)cc2Cl)ccc1Cl)C(=O)O.Nc1c([N+](=O)[O-])ccc(Oc2ccccc2)c1Cl.O=C(O)CNCP(=O)(O)O. The number of halogens is 6. The summed E-state index contributed by atoms with van der Waals surface area (Å²) >= 11 is 17.7. The normalized spacial score (nSPS) is 11.4. The summed E-state index contributed by atoms with van der Waals surface area (Å²) in [4.78, 5) is 59.0. The molecule has 0 aliphatic rings. The summed E-state index contributed by atoms with van der Waals surface area (Å²) in [5.41, 5.74) is 4.13. The lowest BCUT2D eigenvalue weighted by Crippen LogP contribution is -2.23. The van der Waals surface area contributed by atoms with Crippen molar-refractivity contribution in [1.29, 1.82) is 0 Å². The summed E-state index contributed by atoms with van der Waals surface area (Å²) < 4.78 is 63.7. The molecule has 0 bridgehead atoms.